The SMILES string of the molecule is CC1=CC2C=CC=CP2CC1. The van der Waals surface area contributed by atoms with Gasteiger partial charge in [-0.25, -0.2) is 0 Å². The van der Waals surface area contributed by atoms with Crippen LogP contribution in [0.15, 0.2) is 35.7 Å². The highest BCUT2D eigenvalue weighted by atomic mass is 31.1. The first-order valence-electron chi connectivity index (χ1n) is 4.14. The van der Waals surface area contributed by atoms with Crippen LogP contribution < -0.4 is 0 Å². The third-order valence-corrected chi connectivity index (χ3v) is 4.68. The minimum Gasteiger partial charge on any atom is -0.0760 e. The maximum Gasteiger partial charge on any atom is 0.0191 e. The summed E-state index contributed by atoms with van der Waals surface area (Å²) < 4.78 is 0. The van der Waals surface area contributed by atoms with Gasteiger partial charge in [-0.15, -0.1) is 0 Å². The van der Waals surface area contributed by atoms with Crippen LogP contribution in [0.2, 0.25) is 0 Å². The molecule has 0 radical (unpaired) electrons. The van der Waals surface area contributed by atoms with Gasteiger partial charge in [0, 0.05) is 5.66 Å². The molecule has 58 valence electrons. The van der Waals surface area contributed by atoms with Crippen LogP contribution in [0.5, 0.6) is 0 Å². The zero-order chi connectivity index (χ0) is 7.68. The van der Waals surface area contributed by atoms with E-state index >= 15 is 0 Å². The summed E-state index contributed by atoms with van der Waals surface area (Å²) in [5, 5.41) is 0. The zero-order valence-electron chi connectivity index (χ0n) is 6.83. The monoisotopic (exact) mass is 164 g/mol. The molecule has 0 aliphatic carbocycles. The fourth-order valence-electron chi connectivity index (χ4n) is 1.60. The molecule has 0 aromatic heterocycles. The van der Waals surface area contributed by atoms with Crippen LogP contribution in [0, 0.1) is 0 Å². The first kappa shape index (κ1) is 7.31. The molecule has 0 bridgehead atoms. The Labute approximate surface area is 69.4 Å². The highest BCUT2D eigenvalue weighted by molar-refractivity contribution is 7.62. The van der Waals surface area contributed by atoms with E-state index in [2.05, 4.69) is 37.0 Å². The van der Waals surface area contributed by atoms with E-state index in [9.17, 15) is 0 Å². The van der Waals surface area contributed by atoms with Gasteiger partial charge in [-0.3, -0.25) is 0 Å². The Morgan fingerprint density at radius 2 is 2.36 bits per heavy atom. The molecule has 2 heterocycles. The van der Waals surface area contributed by atoms with E-state index < -0.39 is 0 Å². The Balaban J connectivity index is 2.22. The Hall–Kier alpha value is -0.350. The van der Waals surface area contributed by atoms with Crippen molar-refractivity contribution in [2.45, 2.75) is 19.0 Å². The van der Waals surface area contributed by atoms with Crippen molar-refractivity contribution in [3.8, 4) is 0 Å². The summed E-state index contributed by atoms with van der Waals surface area (Å²) >= 11 is 0. The van der Waals surface area contributed by atoms with Crippen LogP contribution in [-0.2, 0) is 0 Å². The third kappa shape index (κ3) is 1.46. The molecule has 2 aliphatic rings. The van der Waals surface area contributed by atoms with Crippen LogP contribution in [0.4, 0.5) is 0 Å². The molecule has 2 unspecified atom stereocenters. The average molecular weight is 164 g/mol. The number of fused-ring (bicyclic) bond motifs is 1. The molecule has 2 rings (SSSR count). The fourth-order valence-corrected chi connectivity index (χ4v) is 3.95. The van der Waals surface area contributed by atoms with Gasteiger partial charge in [0.05, 0.1) is 0 Å². The summed E-state index contributed by atoms with van der Waals surface area (Å²) in [6.07, 6.45) is 11.9. The van der Waals surface area contributed by atoms with Crippen molar-refractivity contribution in [2.24, 2.45) is 0 Å². The van der Waals surface area contributed by atoms with Crippen molar-refractivity contribution in [3.05, 3.63) is 35.7 Å². The van der Waals surface area contributed by atoms with E-state index in [-0.39, 0.29) is 7.92 Å². The number of rotatable bonds is 0. The van der Waals surface area contributed by atoms with Crippen molar-refractivity contribution in [1.82, 2.24) is 0 Å². The van der Waals surface area contributed by atoms with Gasteiger partial charge in [0.25, 0.3) is 0 Å². The lowest BCUT2D eigenvalue weighted by atomic mass is 10.2. The highest BCUT2D eigenvalue weighted by Gasteiger charge is 2.19. The average Bonchev–Trinajstić information content (AvgIpc) is 2.04. The largest absolute Gasteiger partial charge is 0.0760 e. The van der Waals surface area contributed by atoms with E-state index in [1.165, 1.54) is 12.6 Å². The zero-order valence-corrected chi connectivity index (χ0v) is 7.72. The van der Waals surface area contributed by atoms with Gasteiger partial charge in [0.15, 0.2) is 0 Å². The van der Waals surface area contributed by atoms with Gasteiger partial charge in [-0.05, 0) is 19.5 Å². The molecule has 2 aliphatic heterocycles. The summed E-state index contributed by atoms with van der Waals surface area (Å²) in [6, 6.07) is 0. The molecule has 0 aromatic rings. The van der Waals surface area contributed by atoms with Crippen molar-refractivity contribution < 1.29 is 0 Å². The molecule has 0 N–H and O–H groups in total. The maximum absolute atomic E-state index is 2.44. The normalized spacial score (nSPS) is 34.8. The van der Waals surface area contributed by atoms with Gasteiger partial charge in [-0.1, -0.05) is 43.6 Å². The van der Waals surface area contributed by atoms with Gasteiger partial charge >= 0.3 is 0 Å². The molecule has 0 spiro atoms. The topological polar surface area (TPSA) is 0 Å². The predicted molar refractivity (Wildman–Crippen MR) is 52.2 cm³/mol. The molecule has 1 heteroatoms. The highest BCUT2D eigenvalue weighted by Crippen LogP contribution is 2.50. The first-order chi connectivity index (χ1) is 5.36. The minimum atomic E-state index is 0.183. The molecule has 2 atom stereocenters. The van der Waals surface area contributed by atoms with E-state index in [1.807, 2.05) is 0 Å². The van der Waals surface area contributed by atoms with E-state index in [1.54, 1.807) is 5.57 Å². The summed E-state index contributed by atoms with van der Waals surface area (Å²) in [5.41, 5.74) is 2.34. The first-order valence-corrected chi connectivity index (χ1v) is 5.81. The summed E-state index contributed by atoms with van der Waals surface area (Å²) in [6.45, 7) is 2.25. The van der Waals surface area contributed by atoms with Crippen molar-refractivity contribution >= 4 is 7.92 Å². The number of hydrogen-bond acceptors (Lipinski definition) is 0. The van der Waals surface area contributed by atoms with Gasteiger partial charge < -0.3 is 0 Å². The predicted octanol–water partition coefficient (Wildman–Crippen LogP) is 3.27. The van der Waals surface area contributed by atoms with Gasteiger partial charge in [0.1, 0.15) is 0 Å². The molecule has 11 heavy (non-hydrogen) atoms. The molecule has 0 amide bonds. The maximum atomic E-state index is 2.44. The standard InChI is InChI=1S/C10H13P/c1-9-5-7-11-6-3-2-4-10(11)8-9/h2-4,6,8,10H,5,7H2,1H3. The Morgan fingerprint density at radius 1 is 1.45 bits per heavy atom. The van der Waals surface area contributed by atoms with Crippen molar-refractivity contribution in [3.63, 3.8) is 0 Å². The Morgan fingerprint density at radius 3 is 3.27 bits per heavy atom. The van der Waals surface area contributed by atoms with E-state index in [0.717, 1.165) is 5.66 Å². The number of allylic oxidation sites excluding steroid dienone is 5. The second-order valence-electron chi connectivity index (χ2n) is 3.22. The summed E-state index contributed by atoms with van der Waals surface area (Å²) in [7, 11) is 0.183. The molecular weight excluding hydrogens is 151 g/mol. The summed E-state index contributed by atoms with van der Waals surface area (Å²) in [4.78, 5) is 0. The third-order valence-electron chi connectivity index (χ3n) is 2.30. The minimum absolute atomic E-state index is 0.183. The van der Waals surface area contributed by atoms with Crippen LogP contribution in [0.3, 0.4) is 0 Å². The summed E-state index contributed by atoms with van der Waals surface area (Å²) in [5.74, 6) is 2.41. The lowest BCUT2D eigenvalue weighted by molar-refractivity contribution is 1.05. The van der Waals surface area contributed by atoms with E-state index in [0.29, 0.717) is 0 Å². The molecule has 0 saturated heterocycles. The quantitative estimate of drug-likeness (QED) is 0.380. The number of hydrogen-bond donors (Lipinski definition) is 0. The van der Waals surface area contributed by atoms with Crippen molar-refractivity contribution in [1.29, 1.82) is 0 Å². The van der Waals surface area contributed by atoms with Crippen LogP contribution >= 0.6 is 7.92 Å². The lowest BCUT2D eigenvalue weighted by Crippen LogP contribution is -2.07. The molecule has 0 fully saturated rings. The second-order valence-corrected chi connectivity index (χ2v) is 5.59. The van der Waals surface area contributed by atoms with E-state index in [4.69, 9.17) is 0 Å². The molecule has 0 saturated carbocycles. The van der Waals surface area contributed by atoms with Crippen molar-refractivity contribution in [2.75, 3.05) is 6.16 Å². The Bertz CT molecular complexity index is 235. The molecular formula is C10H13P. The van der Waals surface area contributed by atoms with Crippen LogP contribution in [0.1, 0.15) is 13.3 Å². The smallest absolute Gasteiger partial charge is 0.0191 e. The van der Waals surface area contributed by atoms with Crippen LogP contribution in [-0.4, -0.2) is 11.8 Å². The second kappa shape index (κ2) is 2.95. The molecule has 0 aromatic carbocycles. The Kier molecular flexibility index (Phi) is 1.96. The van der Waals surface area contributed by atoms with Crippen LogP contribution in [0.25, 0.3) is 0 Å². The molecule has 0 nitrogen and oxygen atoms in total. The lowest BCUT2D eigenvalue weighted by Gasteiger charge is -2.27. The fraction of sp³-hybridized carbons (Fsp3) is 0.400. The van der Waals surface area contributed by atoms with Gasteiger partial charge in [-0.2, -0.15) is 0 Å². The van der Waals surface area contributed by atoms with Gasteiger partial charge in [0.2, 0.25) is 0 Å².